The first-order chi connectivity index (χ1) is 8.81. The van der Waals surface area contributed by atoms with Gasteiger partial charge in [-0.2, -0.15) is 0 Å². The van der Waals surface area contributed by atoms with Gasteiger partial charge in [-0.3, -0.25) is 9.59 Å². The van der Waals surface area contributed by atoms with Crippen LogP contribution < -0.4 is 0 Å². The molecule has 5 nitrogen and oxygen atoms in total. The van der Waals surface area contributed by atoms with Gasteiger partial charge in [-0.15, -0.1) is 11.3 Å². The van der Waals surface area contributed by atoms with E-state index in [1.807, 2.05) is 19.0 Å². The van der Waals surface area contributed by atoms with Crippen molar-refractivity contribution in [2.45, 2.75) is 0 Å². The topological polar surface area (TPSA) is 60.9 Å². The van der Waals surface area contributed by atoms with E-state index in [1.54, 1.807) is 0 Å². The first-order valence-corrected chi connectivity index (χ1v) is 6.99. The van der Waals surface area contributed by atoms with Gasteiger partial charge in [-0.25, -0.2) is 0 Å². The molecule has 19 heavy (non-hydrogen) atoms. The number of carboxylic acids is 1. The van der Waals surface area contributed by atoms with Crippen LogP contribution in [0.15, 0.2) is 6.07 Å². The van der Waals surface area contributed by atoms with Crippen LogP contribution in [0.2, 0.25) is 8.67 Å². The number of thiophene rings is 1. The lowest BCUT2D eigenvalue weighted by molar-refractivity contribution is -0.137. The molecule has 0 aliphatic rings. The third-order valence-electron chi connectivity index (χ3n) is 2.32. The molecule has 1 rings (SSSR count). The number of carbonyl (C=O) groups is 2. The second kappa shape index (κ2) is 7.09. The van der Waals surface area contributed by atoms with Crippen LogP contribution >= 0.6 is 34.5 Å². The third kappa shape index (κ3) is 4.99. The highest BCUT2D eigenvalue weighted by Crippen LogP contribution is 2.31. The molecule has 106 valence electrons. The van der Waals surface area contributed by atoms with E-state index in [-0.39, 0.29) is 16.4 Å². The second-order valence-electron chi connectivity index (χ2n) is 4.16. The Balaban J connectivity index is 2.87. The molecule has 0 fully saturated rings. The maximum atomic E-state index is 12.2. The number of carboxylic acid groups (broad SMARTS) is 1. The van der Waals surface area contributed by atoms with E-state index in [0.717, 1.165) is 11.3 Å². The van der Waals surface area contributed by atoms with Crippen LogP contribution in [0.4, 0.5) is 0 Å². The molecule has 1 heterocycles. The molecule has 1 aromatic rings. The third-order valence-corrected chi connectivity index (χ3v) is 3.81. The molecule has 0 bridgehead atoms. The molecule has 1 N–H and O–H groups in total. The molecule has 8 heteroatoms. The Morgan fingerprint density at radius 3 is 2.37 bits per heavy atom. The summed E-state index contributed by atoms with van der Waals surface area (Å²) in [6, 6.07) is 1.46. The van der Waals surface area contributed by atoms with E-state index in [0.29, 0.717) is 17.4 Å². The Morgan fingerprint density at radius 1 is 1.32 bits per heavy atom. The van der Waals surface area contributed by atoms with Crippen molar-refractivity contribution in [3.05, 3.63) is 20.3 Å². The number of aliphatic carboxylic acids is 1. The lowest BCUT2D eigenvalue weighted by Gasteiger charge is -2.22. The van der Waals surface area contributed by atoms with Crippen LogP contribution in [-0.4, -0.2) is 60.5 Å². The van der Waals surface area contributed by atoms with Gasteiger partial charge in [0, 0.05) is 13.1 Å². The smallest absolute Gasteiger partial charge is 0.323 e. The number of likely N-dealkylation sites (N-methyl/N-ethyl adjacent to an activating group) is 1. The molecule has 0 aromatic carbocycles. The molecule has 0 unspecified atom stereocenters. The van der Waals surface area contributed by atoms with Gasteiger partial charge in [0.15, 0.2) is 0 Å². The van der Waals surface area contributed by atoms with Gasteiger partial charge in [0.2, 0.25) is 0 Å². The molecule has 0 aliphatic carbocycles. The van der Waals surface area contributed by atoms with E-state index in [4.69, 9.17) is 28.3 Å². The zero-order chi connectivity index (χ0) is 14.6. The zero-order valence-electron chi connectivity index (χ0n) is 10.5. The van der Waals surface area contributed by atoms with Crippen LogP contribution in [0.3, 0.4) is 0 Å². The lowest BCUT2D eigenvalue weighted by atomic mass is 10.3. The van der Waals surface area contributed by atoms with E-state index < -0.39 is 11.9 Å². The van der Waals surface area contributed by atoms with E-state index in [1.165, 1.54) is 11.0 Å². The zero-order valence-corrected chi connectivity index (χ0v) is 12.8. The van der Waals surface area contributed by atoms with Crippen molar-refractivity contribution in [2.24, 2.45) is 0 Å². The maximum Gasteiger partial charge on any atom is 0.323 e. The lowest BCUT2D eigenvalue weighted by Crippen LogP contribution is -2.40. The van der Waals surface area contributed by atoms with E-state index in [2.05, 4.69) is 0 Å². The van der Waals surface area contributed by atoms with Crippen molar-refractivity contribution in [1.82, 2.24) is 9.80 Å². The maximum absolute atomic E-state index is 12.2. The van der Waals surface area contributed by atoms with Gasteiger partial charge in [0.1, 0.15) is 10.9 Å². The first kappa shape index (κ1) is 16.2. The van der Waals surface area contributed by atoms with Crippen LogP contribution in [-0.2, 0) is 4.79 Å². The fourth-order valence-electron chi connectivity index (χ4n) is 1.39. The van der Waals surface area contributed by atoms with Crippen molar-refractivity contribution < 1.29 is 14.7 Å². The Labute approximate surface area is 125 Å². The first-order valence-electron chi connectivity index (χ1n) is 5.42. The second-order valence-corrected chi connectivity index (χ2v) is 6.45. The quantitative estimate of drug-likeness (QED) is 0.870. The fourth-order valence-corrected chi connectivity index (χ4v) is 2.84. The summed E-state index contributed by atoms with van der Waals surface area (Å²) in [5.74, 6) is -1.48. The number of hydrogen-bond donors (Lipinski definition) is 1. The van der Waals surface area contributed by atoms with Gasteiger partial charge in [0.25, 0.3) is 5.91 Å². The van der Waals surface area contributed by atoms with Gasteiger partial charge >= 0.3 is 5.97 Å². The summed E-state index contributed by atoms with van der Waals surface area (Å²) in [6.07, 6.45) is 0. The number of amides is 1. The molecule has 1 aromatic heterocycles. The molecule has 0 saturated heterocycles. The van der Waals surface area contributed by atoms with Gasteiger partial charge in [0.05, 0.1) is 9.90 Å². The predicted octanol–water partition coefficient (Wildman–Crippen LogP) is 2.14. The molecule has 0 spiro atoms. The van der Waals surface area contributed by atoms with E-state index >= 15 is 0 Å². The van der Waals surface area contributed by atoms with Crippen molar-refractivity contribution in [1.29, 1.82) is 0 Å². The molecule has 0 radical (unpaired) electrons. The van der Waals surface area contributed by atoms with Crippen molar-refractivity contribution >= 4 is 46.4 Å². The molecule has 0 saturated carbocycles. The van der Waals surface area contributed by atoms with Crippen molar-refractivity contribution in [3.63, 3.8) is 0 Å². The van der Waals surface area contributed by atoms with Crippen LogP contribution in [0.25, 0.3) is 0 Å². The Bertz CT molecular complexity index is 477. The molecular weight excluding hydrogens is 311 g/mol. The highest BCUT2D eigenvalue weighted by Gasteiger charge is 2.22. The molecule has 0 aliphatic heterocycles. The number of halogens is 2. The molecule has 0 atom stereocenters. The minimum Gasteiger partial charge on any atom is -0.480 e. The minimum absolute atomic E-state index is 0.247. The molecular formula is C11H14Cl2N2O3S. The summed E-state index contributed by atoms with van der Waals surface area (Å²) >= 11 is 12.8. The Morgan fingerprint density at radius 2 is 1.95 bits per heavy atom. The summed E-state index contributed by atoms with van der Waals surface area (Å²) in [5, 5.41) is 8.86. The highest BCUT2D eigenvalue weighted by molar-refractivity contribution is 7.20. The predicted molar refractivity (Wildman–Crippen MR) is 76.4 cm³/mol. The SMILES string of the molecule is CN(C)CCN(CC(=O)O)C(=O)c1cc(Cl)sc1Cl. The van der Waals surface area contributed by atoms with Crippen molar-refractivity contribution in [2.75, 3.05) is 33.7 Å². The van der Waals surface area contributed by atoms with Gasteiger partial charge in [-0.1, -0.05) is 23.2 Å². The average Bonchev–Trinajstić information content (AvgIpc) is 2.62. The minimum atomic E-state index is -1.07. The normalized spacial score (nSPS) is 10.8. The fraction of sp³-hybridized carbons (Fsp3) is 0.455. The van der Waals surface area contributed by atoms with Gasteiger partial charge < -0.3 is 14.9 Å². The van der Waals surface area contributed by atoms with Crippen molar-refractivity contribution in [3.8, 4) is 0 Å². The summed E-state index contributed by atoms with van der Waals surface area (Å²) in [4.78, 5) is 26.2. The van der Waals surface area contributed by atoms with Crippen LogP contribution in [0, 0.1) is 0 Å². The van der Waals surface area contributed by atoms with E-state index in [9.17, 15) is 9.59 Å². The number of rotatable bonds is 6. The summed E-state index contributed by atoms with van der Waals surface area (Å²) in [7, 11) is 3.69. The summed E-state index contributed by atoms with van der Waals surface area (Å²) < 4.78 is 0.673. The summed E-state index contributed by atoms with van der Waals surface area (Å²) in [6.45, 7) is 0.507. The number of carbonyl (C=O) groups excluding carboxylic acids is 1. The van der Waals surface area contributed by atoms with Gasteiger partial charge in [-0.05, 0) is 20.2 Å². The monoisotopic (exact) mass is 324 g/mol. The van der Waals surface area contributed by atoms with Crippen LogP contribution in [0.5, 0.6) is 0 Å². The van der Waals surface area contributed by atoms with Crippen LogP contribution in [0.1, 0.15) is 10.4 Å². The number of hydrogen-bond acceptors (Lipinski definition) is 4. The summed E-state index contributed by atoms with van der Waals surface area (Å²) in [5.41, 5.74) is 0.247. The molecule has 1 amide bonds. The average molecular weight is 325 g/mol. The Hall–Kier alpha value is -0.820. The highest BCUT2D eigenvalue weighted by atomic mass is 35.5. The Kier molecular flexibility index (Phi) is 6.06. The standard InChI is InChI=1S/C11H14Cl2N2O3S/c1-14(2)3-4-15(6-9(16)17)11(18)7-5-8(12)19-10(7)13/h5H,3-4,6H2,1-2H3,(H,16,17). The largest absolute Gasteiger partial charge is 0.480 e. The number of nitrogens with zero attached hydrogens (tertiary/aromatic N) is 2.